The Labute approximate surface area is 175 Å². The monoisotopic (exact) mass is 440 g/mol. The number of carbonyl (C=O) groups is 1. The minimum atomic E-state index is -4.12. The Morgan fingerprint density at radius 3 is 2.45 bits per heavy atom. The van der Waals surface area contributed by atoms with Gasteiger partial charge in [0.05, 0.1) is 19.7 Å². The van der Waals surface area contributed by atoms with Gasteiger partial charge in [-0.25, -0.2) is 12.8 Å². The van der Waals surface area contributed by atoms with Crippen LogP contribution in [0.4, 0.5) is 4.39 Å². The van der Waals surface area contributed by atoms with E-state index in [4.69, 9.17) is 4.74 Å². The van der Waals surface area contributed by atoms with Gasteiger partial charge in [0.2, 0.25) is 15.9 Å². The van der Waals surface area contributed by atoms with Crippen LogP contribution in [0.1, 0.15) is 25.5 Å². The van der Waals surface area contributed by atoms with Gasteiger partial charge in [0, 0.05) is 11.4 Å². The van der Waals surface area contributed by atoms with Crippen molar-refractivity contribution in [2.75, 3.05) is 26.5 Å². The van der Waals surface area contributed by atoms with Crippen LogP contribution in [0.5, 0.6) is 5.75 Å². The number of hydrogen-bond donors (Lipinski definition) is 1. The summed E-state index contributed by atoms with van der Waals surface area (Å²) in [4.78, 5) is 13.3. The van der Waals surface area contributed by atoms with E-state index in [1.807, 2.05) is 37.4 Å². The van der Waals surface area contributed by atoms with Gasteiger partial charge in [0.15, 0.2) is 0 Å². The number of hydrogen-bond acceptors (Lipinski definition) is 5. The SMILES string of the molecule is CCN(CC(=O)N[C@H](C)c1ccc(SC)cc1)S(=O)(=O)c1cc(F)ccc1OC. The lowest BCUT2D eigenvalue weighted by Crippen LogP contribution is -2.41. The number of methoxy groups -OCH3 is 1. The minimum Gasteiger partial charge on any atom is -0.495 e. The second-order valence-corrected chi connectivity index (χ2v) is 9.07. The Morgan fingerprint density at radius 1 is 1.24 bits per heavy atom. The minimum absolute atomic E-state index is 0.0208. The maximum atomic E-state index is 13.6. The van der Waals surface area contributed by atoms with Crippen molar-refractivity contribution < 1.29 is 22.3 Å². The molecule has 158 valence electrons. The largest absolute Gasteiger partial charge is 0.495 e. The molecular formula is C20H25FN2O4S2. The lowest BCUT2D eigenvalue weighted by atomic mass is 10.1. The summed E-state index contributed by atoms with van der Waals surface area (Å²) >= 11 is 1.62. The molecule has 1 atom stereocenters. The van der Waals surface area contributed by atoms with Gasteiger partial charge in [-0.15, -0.1) is 11.8 Å². The number of rotatable bonds is 9. The normalized spacial score (nSPS) is 12.6. The summed E-state index contributed by atoms with van der Waals surface area (Å²) in [7, 11) is -2.81. The molecule has 0 aliphatic heterocycles. The highest BCUT2D eigenvalue weighted by Crippen LogP contribution is 2.27. The predicted molar refractivity (Wildman–Crippen MR) is 112 cm³/mol. The molecule has 0 spiro atoms. The van der Waals surface area contributed by atoms with Crippen molar-refractivity contribution in [1.82, 2.24) is 9.62 Å². The van der Waals surface area contributed by atoms with Gasteiger partial charge >= 0.3 is 0 Å². The van der Waals surface area contributed by atoms with E-state index in [9.17, 15) is 17.6 Å². The maximum absolute atomic E-state index is 13.6. The van der Waals surface area contributed by atoms with E-state index in [0.717, 1.165) is 26.9 Å². The van der Waals surface area contributed by atoms with Gasteiger partial charge in [-0.3, -0.25) is 4.79 Å². The smallest absolute Gasteiger partial charge is 0.247 e. The van der Waals surface area contributed by atoms with Crippen LogP contribution in [0.25, 0.3) is 0 Å². The molecule has 0 fully saturated rings. The number of thioether (sulfide) groups is 1. The van der Waals surface area contributed by atoms with Crippen molar-refractivity contribution in [1.29, 1.82) is 0 Å². The van der Waals surface area contributed by atoms with Crippen molar-refractivity contribution in [2.24, 2.45) is 0 Å². The van der Waals surface area contributed by atoms with E-state index < -0.39 is 21.7 Å². The quantitative estimate of drug-likeness (QED) is 0.605. The Balaban J connectivity index is 2.15. The molecule has 1 amide bonds. The van der Waals surface area contributed by atoms with Gasteiger partial charge in [-0.2, -0.15) is 4.31 Å². The molecule has 0 aliphatic carbocycles. The highest BCUT2D eigenvalue weighted by molar-refractivity contribution is 7.98. The fourth-order valence-electron chi connectivity index (χ4n) is 2.78. The van der Waals surface area contributed by atoms with Crippen LogP contribution in [-0.2, 0) is 14.8 Å². The first kappa shape index (κ1) is 23.2. The zero-order valence-corrected chi connectivity index (χ0v) is 18.4. The zero-order valence-electron chi connectivity index (χ0n) is 16.8. The molecule has 0 saturated carbocycles. The van der Waals surface area contributed by atoms with Crippen molar-refractivity contribution in [2.45, 2.75) is 29.7 Å². The third-order valence-electron chi connectivity index (χ3n) is 4.41. The second kappa shape index (κ2) is 10.1. The summed E-state index contributed by atoms with van der Waals surface area (Å²) < 4.78 is 45.6. The Bertz CT molecular complexity index is 949. The molecule has 2 rings (SSSR count). The molecular weight excluding hydrogens is 415 g/mol. The lowest BCUT2D eigenvalue weighted by molar-refractivity contribution is -0.121. The topological polar surface area (TPSA) is 75.7 Å². The summed E-state index contributed by atoms with van der Waals surface area (Å²) in [5.41, 5.74) is 0.911. The van der Waals surface area contributed by atoms with Crippen LogP contribution in [-0.4, -0.2) is 45.1 Å². The molecule has 0 bridgehead atoms. The molecule has 1 N–H and O–H groups in total. The number of amides is 1. The molecule has 9 heteroatoms. The van der Waals surface area contributed by atoms with Gasteiger partial charge in [0.1, 0.15) is 16.5 Å². The van der Waals surface area contributed by atoms with E-state index in [1.165, 1.54) is 13.2 Å². The van der Waals surface area contributed by atoms with E-state index in [-0.39, 0.29) is 29.8 Å². The van der Waals surface area contributed by atoms with Gasteiger partial charge in [-0.1, -0.05) is 19.1 Å². The highest BCUT2D eigenvalue weighted by Gasteiger charge is 2.29. The van der Waals surface area contributed by atoms with Crippen LogP contribution in [0.15, 0.2) is 52.3 Å². The van der Waals surface area contributed by atoms with Gasteiger partial charge in [-0.05, 0) is 49.1 Å². The van der Waals surface area contributed by atoms with E-state index in [2.05, 4.69) is 5.32 Å². The average molecular weight is 441 g/mol. The van der Waals surface area contributed by atoms with Crippen molar-refractivity contribution in [3.8, 4) is 5.75 Å². The molecule has 0 saturated heterocycles. The summed E-state index contributed by atoms with van der Waals surface area (Å²) in [5.74, 6) is -1.13. The summed E-state index contributed by atoms with van der Waals surface area (Å²) in [5, 5.41) is 2.80. The molecule has 29 heavy (non-hydrogen) atoms. The van der Waals surface area contributed by atoms with Crippen LogP contribution in [0.3, 0.4) is 0 Å². The number of likely N-dealkylation sites (N-methyl/N-ethyl adjacent to an activating group) is 1. The van der Waals surface area contributed by atoms with Crippen molar-refractivity contribution >= 4 is 27.7 Å². The number of nitrogens with one attached hydrogen (secondary N) is 1. The summed E-state index contributed by atoms with van der Waals surface area (Å²) in [6.45, 7) is 3.10. The van der Waals surface area contributed by atoms with Crippen LogP contribution in [0.2, 0.25) is 0 Å². The van der Waals surface area contributed by atoms with E-state index >= 15 is 0 Å². The Morgan fingerprint density at radius 2 is 1.90 bits per heavy atom. The van der Waals surface area contributed by atoms with E-state index in [0.29, 0.717) is 0 Å². The molecule has 2 aromatic carbocycles. The van der Waals surface area contributed by atoms with Crippen LogP contribution in [0, 0.1) is 5.82 Å². The van der Waals surface area contributed by atoms with Crippen molar-refractivity contribution in [3.05, 3.63) is 53.8 Å². The Hall–Kier alpha value is -2.10. The number of halogens is 1. The fourth-order valence-corrected chi connectivity index (χ4v) is 4.76. The molecule has 0 aromatic heterocycles. The van der Waals surface area contributed by atoms with Crippen LogP contribution >= 0.6 is 11.8 Å². The first-order valence-corrected chi connectivity index (χ1v) is 11.7. The maximum Gasteiger partial charge on any atom is 0.247 e. The van der Waals surface area contributed by atoms with Crippen LogP contribution < -0.4 is 10.1 Å². The fraction of sp³-hybridized carbons (Fsp3) is 0.350. The molecule has 0 aliphatic rings. The standard InChI is InChI=1S/C20H25FN2O4S2/c1-5-23(29(25,26)19-12-16(21)8-11-18(19)27-3)13-20(24)22-14(2)15-6-9-17(28-4)10-7-15/h6-12,14H,5,13H2,1-4H3,(H,22,24)/t14-/m1/s1. The van der Waals surface area contributed by atoms with Crippen molar-refractivity contribution in [3.63, 3.8) is 0 Å². The summed E-state index contributed by atoms with van der Waals surface area (Å²) in [6.07, 6.45) is 1.98. The molecule has 0 unspecified atom stereocenters. The number of nitrogens with zero attached hydrogens (tertiary/aromatic N) is 1. The first-order chi connectivity index (χ1) is 13.7. The molecule has 0 radical (unpaired) electrons. The van der Waals surface area contributed by atoms with Gasteiger partial charge < -0.3 is 10.1 Å². The summed E-state index contributed by atoms with van der Waals surface area (Å²) in [6, 6.07) is 10.7. The average Bonchev–Trinajstić information content (AvgIpc) is 2.71. The third kappa shape index (κ3) is 5.71. The highest BCUT2D eigenvalue weighted by atomic mass is 32.2. The lowest BCUT2D eigenvalue weighted by Gasteiger charge is -2.22. The first-order valence-electron chi connectivity index (χ1n) is 9.00. The Kier molecular flexibility index (Phi) is 8.06. The third-order valence-corrected chi connectivity index (χ3v) is 7.10. The predicted octanol–water partition coefficient (Wildman–Crippen LogP) is 3.44. The number of carbonyl (C=O) groups excluding carboxylic acids is 1. The number of benzene rings is 2. The van der Waals surface area contributed by atoms with Gasteiger partial charge in [0.25, 0.3) is 0 Å². The number of sulfonamides is 1. The zero-order chi connectivity index (χ0) is 21.6. The second-order valence-electron chi connectivity index (χ2n) is 6.29. The number of ether oxygens (including phenoxy) is 1. The van der Waals surface area contributed by atoms with E-state index in [1.54, 1.807) is 18.7 Å². The molecule has 6 nitrogen and oxygen atoms in total. The molecule has 0 heterocycles. The molecule has 2 aromatic rings.